The Hall–Kier alpha value is -0.940. The normalized spacial score (nSPS) is 28.2. The fourth-order valence-electron chi connectivity index (χ4n) is 1.65. The van der Waals surface area contributed by atoms with Crippen LogP contribution in [0, 0.1) is 6.92 Å². The molecule has 5 nitrogen and oxygen atoms in total. The van der Waals surface area contributed by atoms with Gasteiger partial charge in [-0.1, -0.05) is 0 Å². The summed E-state index contributed by atoms with van der Waals surface area (Å²) in [6.07, 6.45) is 0.730. The van der Waals surface area contributed by atoms with Crippen molar-refractivity contribution in [3.63, 3.8) is 0 Å². The number of hydrogen-bond donors (Lipinski definition) is 2. The first-order chi connectivity index (χ1) is 6.07. The van der Waals surface area contributed by atoms with Gasteiger partial charge in [0.1, 0.15) is 11.6 Å². The van der Waals surface area contributed by atoms with Gasteiger partial charge < -0.3 is 5.73 Å². The number of nitrogens with two attached hydrogens (primary N) is 1. The van der Waals surface area contributed by atoms with Crippen LogP contribution in [0.15, 0.2) is 0 Å². The number of aromatic nitrogens is 3. The molecule has 0 saturated carbocycles. The van der Waals surface area contributed by atoms with Crippen molar-refractivity contribution < 1.29 is 0 Å². The van der Waals surface area contributed by atoms with E-state index in [4.69, 9.17) is 5.73 Å². The topological polar surface area (TPSA) is 68.8 Å². The number of nitrogens with zero attached hydrogens (tertiary/aromatic N) is 3. The summed E-state index contributed by atoms with van der Waals surface area (Å²) in [5, 5.41) is 7.54. The Morgan fingerprint density at radius 1 is 1.62 bits per heavy atom. The Morgan fingerprint density at radius 2 is 2.38 bits per heavy atom. The van der Waals surface area contributed by atoms with Crippen LogP contribution in [0.3, 0.4) is 0 Å². The van der Waals surface area contributed by atoms with Crippen molar-refractivity contribution in [3.05, 3.63) is 11.6 Å². The van der Waals surface area contributed by atoms with E-state index in [1.54, 1.807) is 0 Å². The van der Waals surface area contributed by atoms with E-state index in [0.29, 0.717) is 0 Å². The summed E-state index contributed by atoms with van der Waals surface area (Å²) in [5.41, 5.74) is 5.66. The monoisotopic (exact) mass is 181 g/mol. The van der Waals surface area contributed by atoms with E-state index < -0.39 is 0 Å². The molecule has 5 heteroatoms. The van der Waals surface area contributed by atoms with Gasteiger partial charge in [0.15, 0.2) is 0 Å². The molecule has 2 rings (SSSR count). The molecule has 72 valence electrons. The molecule has 0 bridgehead atoms. The molecule has 1 aliphatic rings. The largest absolute Gasteiger partial charge is 0.313 e. The number of hydrogen-bond acceptors (Lipinski definition) is 4. The summed E-state index contributed by atoms with van der Waals surface area (Å²) >= 11 is 0. The molecule has 3 N–H and O–H groups in total. The molecule has 0 radical (unpaired) electrons. The second-order valence-corrected chi connectivity index (χ2v) is 3.82. The Labute approximate surface area is 77.3 Å². The first-order valence-corrected chi connectivity index (χ1v) is 4.51. The SMILES string of the molecule is Cc1nc2n(n1)CCNC(C)(N)C2. The Kier molecular flexibility index (Phi) is 1.85. The molecular weight excluding hydrogens is 166 g/mol. The minimum absolute atomic E-state index is 0.353. The van der Waals surface area contributed by atoms with Crippen LogP contribution >= 0.6 is 0 Å². The van der Waals surface area contributed by atoms with Gasteiger partial charge in [0.25, 0.3) is 0 Å². The van der Waals surface area contributed by atoms with Crippen molar-refractivity contribution in [2.45, 2.75) is 32.5 Å². The van der Waals surface area contributed by atoms with Crippen molar-refractivity contribution in [1.82, 2.24) is 20.1 Å². The number of aryl methyl sites for hydroxylation is 1. The zero-order valence-corrected chi connectivity index (χ0v) is 8.04. The molecule has 1 aromatic heterocycles. The Balaban J connectivity index is 2.33. The first kappa shape index (κ1) is 8.65. The summed E-state index contributed by atoms with van der Waals surface area (Å²) in [7, 11) is 0. The van der Waals surface area contributed by atoms with Gasteiger partial charge in [-0.2, -0.15) is 5.10 Å². The predicted octanol–water partition coefficient (Wildman–Crippen LogP) is -0.593. The molecule has 2 heterocycles. The lowest BCUT2D eigenvalue weighted by molar-refractivity contribution is 0.374. The van der Waals surface area contributed by atoms with Gasteiger partial charge >= 0.3 is 0 Å². The van der Waals surface area contributed by atoms with Gasteiger partial charge in [-0.3, -0.25) is 5.32 Å². The van der Waals surface area contributed by atoms with Crippen LogP contribution in [-0.4, -0.2) is 27.0 Å². The van der Waals surface area contributed by atoms with Crippen LogP contribution in [-0.2, 0) is 13.0 Å². The minimum Gasteiger partial charge on any atom is -0.313 e. The van der Waals surface area contributed by atoms with E-state index in [0.717, 1.165) is 31.2 Å². The highest BCUT2D eigenvalue weighted by molar-refractivity contribution is 4.99. The lowest BCUT2D eigenvalue weighted by atomic mass is 10.1. The van der Waals surface area contributed by atoms with Crippen molar-refractivity contribution in [3.8, 4) is 0 Å². The highest BCUT2D eigenvalue weighted by Crippen LogP contribution is 2.09. The maximum Gasteiger partial charge on any atom is 0.147 e. The summed E-state index contributed by atoms with van der Waals surface area (Å²) in [6, 6.07) is 0. The van der Waals surface area contributed by atoms with E-state index in [9.17, 15) is 0 Å². The van der Waals surface area contributed by atoms with Crippen molar-refractivity contribution in [1.29, 1.82) is 0 Å². The van der Waals surface area contributed by atoms with Crippen LogP contribution < -0.4 is 11.1 Å². The predicted molar refractivity (Wildman–Crippen MR) is 49.1 cm³/mol. The van der Waals surface area contributed by atoms with Gasteiger partial charge in [-0.25, -0.2) is 9.67 Å². The highest BCUT2D eigenvalue weighted by Gasteiger charge is 2.24. The van der Waals surface area contributed by atoms with Gasteiger partial charge in [-0.15, -0.1) is 0 Å². The molecule has 13 heavy (non-hydrogen) atoms. The summed E-state index contributed by atoms with van der Waals surface area (Å²) in [6.45, 7) is 5.58. The van der Waals surface area contributed by atoms with E-state index in [-0.39, 0.29) is 5.66 Å². The maximum absolute atomic E-state index is 6.01. The zero-order valence-electron chi connectivity index (χ0n) is 8.04. The molecule has 0 amide bonds. The smallest absolute Gasteiger partial charge is 0.147 e. The lowest BCUT2D eigenvalue weighted by Crippen LogP contribution is -2.52. The van der Waals surface area contributed by atoms with E-state index >= 15 is 0 Å². The summed E-state index contributed by atoms with van der Waals surface area (Å²) in [5.74, 6) is 1.81. The average Bonchev–Trinajstić information content (AvgIpc) is 2.23. The molecule has 0 fully saturated rings. The Morgan fingerprint density at radius 3 is 3.15 bits per heavy atom. The number of fused-ring (bicyclic) bond motifs is 1. The van der Waals surface area contributed by atoms with Crippen LogP contribution in [0.25, 0.3) is 0 Å². The van der Waals surface area contributed by atoms with E-state index in [1.807, 2.05) is 18.5 Å². The molecule has 1 aromatic rings. The number of nitrogens with one attached hydrogen (secondary N) is 1. The molecule has 0 saturated heterocycles. The molecule has 1 atom stereocenters. The van der Waals surface area contributed by atoms with Gasteiger partial charge in [0.2, 0.25) is 0 Å². The van der Waals surface area contributed by atoms with E-state index in [2.05, 4.69) is 15.4 Å². The van der Waals surface area contributed by atoms with Crippen LogP contribution in [0.1, 0.15) is 18.6 Å². The standard InChI is InChI=1S/C8H15N5/c1-6-11-7-5-8(2,9)10-3-4-13(7)12-6/h10H,3-5,9H2,1-2H3. The average molecular weight is 181 g/mol. The second-order valence-electron chi connectivity index (χ2n) is 3.82. The fourth-order valence-corrected chi connectivity index (χ4v) is 1.65. The minimum atomic E-state index is -0.353. The van der Waals surface area contributed by atoms with Crippen molar-refractivity contribution in [2.24, 2.45) is 5.73 Å². The molecule has 0 spiro atoms. The third-order valence-corrected chi connectivity index (χ3v) is 2.23. The van der Waals surface area contributed by atoms with Crippen LogP contribution in [0.5, 0.6) is 0 Å². The second kappa shape index (κ2) is 2.78. The fraction of sp³-hybridized carbons (Fsp3) is 0.750. The molecule has 1 aliphatic heterocycles. The highest BCUT2D eigenvalue weighted by atomic mass is 15.4. The molecular formula is C8H15N5. The van der Waals surface area contributed by atoms with Crippen LogP contribution in [0.4, 0.5) is 0 Å². The van der Waals surface area contributed by atoms with Crippen molar-refractivity contribution in [2.75, 3.05) is 6.54 Å². The van der Waals surface area contributed by atoms with Crippen molar-refractivity contribution >= 4 is 0 Å². The number of rotatable bonds is 0. The van der Waals surface area contributed by atoms with Gasteiger partial charge in [0, 0.05) is 13.0 Å². The lowest BCUT2D eigenvalue weighted by Gasteiger charge is -2.22. The molecule has 0 aliphatic carbocycles. The summed E-state index contributed by atoms with van der Waals surface area (Å²) in [4.78, 5) is 4.34. The molecule has 0 aromatic carbocycles. The van der Waals surface area contributed by atoms with Gasteiger partial charge in [0.05, 0.1) is 12.2 Å². The van der Waals surface area contributed by atoms with Crippen LogP contribution in [0.2, 0.25) is 0 Å². The molecule has 1 unspecified atom stereocenters. The first-order valence-electron chi connectivity index (χ1n) is 4.51. The maximum atomic E-state index is 6.01. The quantitative estimate of drug-likeness (QED) is 0.561. The third-order valence-electron chi connectivity index (χ3n) is 2.23. The zero-order chi connectivity index (χ0) is 9.47. The third kappa shape index (κ3) is 1.71. The summed E-state index contributed by atoms with van der Waals surface area (Å²) < 4.78 is 1.93. The van der Waals surface area contributed by atoms with Gasteiger partial charge in [-0.05, 0) is 13.8 Å². The van der Waals surface area contributed by atoms with E-state index in [1.165, 1.54) is 0 Å². The Bertz CT molecular complexity index is 314.